The number of anilines is 1. The minimum absolute atomic E-state index is 0.225. The molecule has 0 amide bonds. The second kappa shape index (κ2) is 5.61. The average molecular weight is 300 g/mol. The van der Waals surface area contributed by atoms with Gasteiger partial charge in [0.15, 0.2) is 0 Å². The molecule has 2 rings (SSSR count). The van der Waals surface area contributed by atoms with E-state index in [2.05, 4.69) is 14.7 Å². The number of nitrogens with one attached hydrogen (secondary N) is 1. The molecule has 0 bridgehead atoms. The molecule has 8 heteroatoms. The van der Waals surface area contributed by atoms with Crippen molar-refractivity contribution in [3.05, 3.63) is 5.82 Å². The molecule has 0 saturated heterocycles. The van der Waals surface area contributed by atoms with E-state index in [-0.39, 0.29) is 5.13 Å². The van der Waals surface area contributed by atoms with Crippen LogP contribution >= 0.6 is 23.1 Å². The van der Waals surface area contributed by atoms with Crippen molar-refractivity contribution < 1.29 is 13.2 Å². The van der Waals surface area contributed by atoms with Gasteiger partial charge in [0, 0.05) is 24.0 Å². The fourth-order valence-corrected chi connectivity index (χ4v) is 3.21. The number of aromatic nitrogens is 2. The fraction of sp³-hybridized carbons (Fsp3) is 0.800. The molecule has 1 N–H and O–H groups in total. The highest BCUT2D eigenvalue weighted by molar-refractivity contribution is 7.09. The van der Waals surface area contributed by atoms with E-state index in [0.29, 0.717) is 24.3 Å². The van der Waals surface area contributed by atoms with Gasteiger partial charge in [0.1, 0.15) is 0 Å². The Morgan fingerprint density at radius 1 is 1.33 bits per heavy atom. The molecule has 3 nitrogen and oxygen atoms in total. The zero-order valence-corrected chi connectivity index (χ0v) is 11.1. The lowest BCUT2D eigenvalue weighted by molar-refractivity contribution is -0.144. The van der Waals surface area contributed by atoms with Gasteiger partial charge in [-0.05, 0) is 24.7 Å². The Balaban J connectivity index is 1.89. The predicted molar refractivity (Wildman–Crippen MR) is 65.0 cm³/mol. The maximum atomic E-state index is 12.3. The van der Waals surface area contributed by atoms with Crippen molar-refractivity contribution in [2.45, 2.75) is 25.4 Å². The van der Waals surface area contributed by atoms with Gasteiger partial charge in [-0.1, -0.05) is 6.42 Å². The second-order valence-electron chi connectivity index (χ2n) is 4.41. The maximum absolute atomic E-state index is 12.3. The van der Waals surface area contributed by atoms with Gasteiger partial charge in [-0.2, -0.15) is 22.5 Å². The smallest absolute Gasteiger partial charge is 0.360 e. The molecule has 1 saturated carbocycles. The van der Waals surface area contributed by atoms with Crippen molar-refractivity contribution in [1.29, 1.82) is 0 Å². The van der Waals surface area contributed by atoms with Crippen LogP contribution in [-0.2, 0) is 6.18 Å². The van der Waals surface area contributed by atoms with E-state index in [1.165, 1.54) is 0 Å². The van der Waals surface area contributed by atoms with E-state index in [9.17, 15) is 13.2 Å². The summed E-state index contributed by atoms with van der Waals surface area (Å²) in [6.45, 7) is 0.615. The third-order valence-electron chi connectivity index (χ3n) is 3.21. The molecule has 1 aliphatic rings. The third-order valence-corrected chi connectivity index (χ3v) is 4.28. The summed E-state index contributed by atoms with van der Waals surface area (Å²) in [4.78, 5) is 3.43. The molecule has 1 aromatic rings. The molecular weight excluding hydrogens is 287 g/mol. The van der Waals surface area contributed by atoms with Gasteiger partial charge in [-0.15, -0.1) is 11.6 Å². The summed E-state index contributed by atoms with van der Waals surface area (Å²) < 4.78 is 40.2. The maximum Gasteiger partial charge on any atom is 0.452 e. The van der Waals surface area contributed by atoms with E-state index in [4.69, 9.17) is 11.6 Å². The topological polar surface area (TPSA) is 37.8 Å². The van der Waals surface area contributed by atoms with Crippen molar-refractivity contribution >= 4 is 28.3 Å². The number of rotatable bonds is 4. The van der Waals surface area contributed by atoms with Crippen LogP contribution in [0.15, 0.2) is 0 Å². The molecule has 1 aliphatic carbocycles. The first-order valence-electron chi connectivity index (χ1n) is 5.71. The SMILES string of the molecule is FC(F)(F)c1nsc(NCC2CCCC2CCl)n1. The minimum atomic E-state index is -4.47. The number of halogens is 4. The molecular formula is C10H13ClF3N3S. The van der Waals surface area contributed by atoms with Gasteiger partial charge in [0.2, 0.25) is 11.0 Å². The highest BCUT2D eigenvalue weighted by Gasteiger charge is 2.36. The van der Waals surface area contributed by atoms with Crippen LogP contribution in [0, 0.1) is 11.8 Å². The normalized spacial score (nSPS) is 24.4. The first-order valence-corrected chi connectivity index (χ1v) is 7.02. The summed E-state index contributed by atoms with van der Waals surface area (Å²) in [6, 6.07) is 0. The Morgan fingerprint density at radius 2 is 2.06 bits per heavy atom. The lowest BCUT2D eigenvalue weighted by Crippen LogP contribution is -2.19. The number of hydrogen-bond acceptors (Lipinski definition) is 4. The first kappa shape index (κ1) is 13.9. The van der Waals surface area contributed by atoms with Crippen molar-refractivity contribution in [2.75, 3.05) is 17.7 Å². The zero-order valence-electron chi connectivity index (χ0n) is 9.50. The number of hydrogen-bond donors (Lipinski definition) is 1. The standard InChI is InChI=1S/C10H13ClF3N3S/c11-4-6-2-1-3-7(6)5-15-9-16-8(17-18-9)10(12,13)14/h6-7H,1-5H2,(H,15,16,17). The number of nitrogens with zero attached hydrogens (tertiary/aromatic N) is 2. The molecule has 0 radical (unpaired) electrons. The van der Waals surface area contributed by atoms with Crippen LogP contribution in [0.3, 0.4) is 0 Å². The molecule has 18 heavy (non-hydrogen) atoms. The molecule has 1 fully saturated rings. The zero-order chi connectivity index (χ0) is 13.2. The van der Waals surface area contributed by atoms with Crippen molar-refractivity contribution in [1.82, 2.24) is 9.36 Å². The lowest BCUT2D eigenvalue weighted by Gasteiger charge is -2.16. The molecule has 2 atom stereocenters. The van der Waals surface area contributed by atoms with E-state index in [1.54, 1.807) is 0 Å². The quantitative estimate of drug-likeness (QED) is 0.863. The van der Waals surface area contributed by atoms with Crippen LogP contribution < -0.4 is 5.32 Å². The van der Waals surface area contributed by atoms with Gasteiger partial charge in [0.25, 0.3) is 0 Å². The summed E-state index contributed by atoms with van der Waals surface area (Å²) in [6.07, 6.45) is -1.18. The van der Waals surface area contributed by atoms with Crippen LogP contribution in [0.5, 0.6) is 0 Å². The van der Waals surface area contributed by atoms with E-state index in [0.717, 1.165) is 30.8 Å². The Labute approximate surface area is 112 Å². The van der Waals surface area contributed by atoms with E-state index in [1.807, 2.05) is 0 Å². The monoisotopic (exact) mass is 299 g/mol. The molecule has 0 aromatic carbocycles. The van der Waals surface area contributed by atoms with Gasteiger partial charge in [0.05, 0.1) is 0 Å². The summed E-state index contributed by atoms with van der Waals surface area (Å²) in [5.74, 6) is 0.404. The molecule has 0 spiro atoms. The Bertz CT molecular complexity index is 396. The highest BCUT2D eigenvalue weighted by Crippen LogP contribution is 2.33. The van der Waals surface area contributed by atoms with Gasteiger partial charge in [-0.3, -0.25) is 0 Å². The predicted octanol–water partition coefficient (Wildman–Crippen LogP) is 3.62. The van der Waals surface area contributed by atoms with Crippen LogP contribution in [0.25, 0.3) is 0 Å². The highest BCUT2D eigenvalue weighted by atomic mass is 35.5. The first-order chi connectivity index (χ1) is 8.50. The molecule has 1 aromatic heterocycles. The second-order valence-corrected chi connectivity index (χ2v) is 5.47. The number of alkyl halides is 4. The third kappa shape index (κ3) is 3.26. The summed E-state index contributed by atoms with van der Waals surface area (Å²) in [5.41, 5.74) is 0. The fourth-order valence-electron chi connectivity index (χ4n) is 2.21. The Kier molecular flexibility index (Phi) is 4.32. The summed E-state index contributed by atoms with van der Waals surface area (Å²) >= 11 is 6.59. The van der Waals surface area contributed by atoms with Crippen LogP contribution in [0.4, 0.5) is 18.3 Å². The lowest BCUT2D eigenvalue weighted by atomic mass is 9.98. The van der Waals surface area contributed by atoms with Gasteiger partial charge in [-0.25, -0.2) is 0 Å². The molecule has 2 unspecified atom stereocenters. The van der Waals surface area contributed by atoms with Crippen LogP contribution in [-0.4, -0.2) is 21.8 Å². The van der Waals surface area contributed by atoms with Crippen molar-refractivity contribution in [3.8, 4) is 0 Å². The van der Waals surface area contributed by atoms with E-state index >= 15 is 0 Å². The van der Waals surface area contributed by atoms with Crippen LogP contribution in [0.2, 0.25) is 0 Å². The van der Waals surface area contributed by atoms with E-state index < -0.39 is 12.0 Å². The molecule has 1 heterocycles. The van der Waals surface area contributed by atoms with Gasteiger partial charge >= 0.3 is 6.18 Å². The molecule has 102 valence electrons. The van der Waals surface area contributed by atoms with Crippen LogP contribution in [0.1, 0.15) is 25.1 Å². The minimum Gasteiger partial charge on any atom is -0.360 e. The van der Waals surface area contributed by atoms with Gasteiger partial charge < -0.3 is 5.32 Å². The largest absolute Gasteiger partial charge is 0.452 e. The van der Waals surface area contributed by atoms with Crippen molar-refractivity contribution in [2.24, 2.45) is 11.8 Å². The summed E-state index contributed by atoms with van der Waals surface area (Å²) in [5, 5.41) is 3.15. The average Bonchev–Trinajstić information content (AvgIpc) is 2.94. The Hall–Kier alpha value is -0.560. The molecule has 0 aliphatic heterocycles. The van der Waals surface area contributed by atoms with Crippen molar-refractivity contribution in [3.63, 3.8) is 0 Å². The Morgan fingerprint density at radius 3 is 2.67 bits per heavy atom. The summed E-state index contributed by atoms with van der Waals surface area (Å²) in [7, 11) is 0.